The summed E-state index contributed by atoms with van der Waals surface area (Å²) in [6, 6.07) is 18.7. The molecule has 2 aromatic rings. The summed E-state index contributed by atoms with van der Waals surface area (Å²) in [5.41, 5.74) is 1.73. The van der Waals surface area contributed by atoms with Crippen molar-refractivity contribution in [1.82, 2.24) is 0 Å². The van der Waals surface area contributed by atoms with Crippen LogP contribution < -0.4 is 0 Å². The van der Waals surface area contributed by atoms with Crippen molar-refractivity contribution in [1.29, 1.82) is 0 Å². The standard InChI is InChI=1S/C16H14O3/c17-16(18)15(11-13-7-3-1-4-8-13)19-12-14-9-5-2-6-10-14/h1-11H,12H2,(H,17,18)/b15-11-. The SMILES string of the molecule is O=C(O)/C(=C/c1ccccc1)OCc1ccccc1. The first-order valence-corrected chi connectivity index (χ1v) is 5.92. The molecule has 0 saturated carbocycles. The Bertz CT molecular complexity index is 559. The molecule has 0 heterocycles. The largest absolute Gasteiger partial charge is 0.482 e. The van der Waals surface area contributed by atoms with Gasteiger partial charge in [-0.3, -0.25) is 0 Å². The van der Waals surface area contributed by atoms with Crippen LogP contribution in [0, 0.1) is 0 Å². The average molecular weight is 254 g/mol. The van der Waals surface area contributed by atoms with Gasteiger partial charge in [0.25, 0.3) is 0 Å². The summed E-state index contributed by atoms with van der Waals surface area (Å²) in [5, 5.41) is 9.12. The molecule has 2 aromatic carbocycles. The minimum atomic E-state index is -1.07. The monoisotopic (exact) mass is 254 g/mol. The first kappa shape index (κ1) is 12.9. The molecule has 0 fully saturated rings. The lowest BCUT2D eigenvalue weighted by Crippen LogP contribution is -2.05. The Morgan fingerprint density at radius 3 is 2.16 bits per heavy atom. The minimum absolute atomic E-state index is 0.0601. The maximum Gasteiger partial charge on any atom is 0.371 e. The average Bonchev–Trinajstić information content (AvgIpc) is 2.45. The summed E-state index contributed by atoms with van der Waals surface area (Å²) >= 11 is 0. The molecule has 3 nitrogen and oxygen atoms in total. The van der Waals surface area contributed by atoms with Crippen LogP contribution in [-0.2, 0) is 16.1 Å². The Kier molecular flexibility index (Phi) is 4.34. The lowest BCUT2D eigenvalue weighted by atomic mass is 10.2. The number of benzene rings is 2. The van der Waals surface area contributed by atoms with Crippen LogP contribution in [0.15, 0.2) is 66.4 Å². The number of carbonyl (C=O) groups is 1. The van der Waals surface area contributed by atoms with Gasteiger partial charge in [0.2, 0.25) is 5.76 Å². The maximum absolute atomic E-state index is 11.1. The van der Waals surface area contributed by atoms with Crippen LogP contribution in [0.25, 0.3) is 6.08 Å². The van der Waals surface area contributed by atoms with E-state index < -0.39 is 5.97 Å². The number of carboxylic acids is 1. The van der Waals surface area contributed by atoms with Crippen molar-refractivity contribution in [2.75, 3.05) is 0 Å². The third kappa shape index (κ3) is 4.00. The molecule has 0 amide bonds. The van der Waals surface area contributed by atoms with Crippen LogP contribution in [0.1, 0.15) is 11.1 Å². The van der Waals surface area contributed by atoms with E-state index >= 15 is 0 Å². The van der Waals surface area contributed by atoms with E-state index in [2.05, 4.69) is 0 Å². The highest BCUT2D eigenvalue weighted by Crippen LogP contribution is 2.11. The van der Waals surface area contributed by atoms with Gasteiger partial charge in [0.05, 0.1) is 0 Å². The molecule has 0 aliphatic rings. The van der Waals surface area contributed by atoms with Crippen molar-refractivity contribution >= 4 is 12.0 Å². The Morgan fingerprint density at radius 1 is 1.00 bits per heavy atom. The topological polar surface area (TPSA) is 46.5 Å². The molecule has 0 aliphatic carbocycles. The van der Waals surface area contributed by atoms with E-state index in [1.165, 1.54) is 6.08 Å². The smallest absolute Gasteiger partial charge is 0.371 e. The van der Waals surface area contributed by atoms with E-state index in [1.54, 1.807) is 0 Å². The molecule has 19 heavy (non-hydrogen) atoms. The van der Waals surface area contributed by atoms with Crippen molar-refractivity contribution in [3.8, 4) is 0 Å². The van der Waals surface area contributed by atoms with Crippen LogP contribution in [0.4, 0.5) is 0 Å². The summed E-state index contributed by atoms with van der Waals surface area (Å²) in [5.74, 6) is -1.13. The number of carboxylic acid groups (broad SMARTS) is 1. The van der Waals surface area contributed by atoms with Crippen molar-refractivity contribution in [3.63, 3.8) is 0 Å². The van der Waals surface area contributed by atoms with Gasteiger partial charge in [0.1, 0.15) is 6.61 Å². The number of hydrogen-bond donors (Lipinski definition) is 1. The fourth-order valence-corrected chi connectivity index (χ4v) is 1.60. The third-order valence-corrected chi connectivity index (χ3v) is 2.55. The molecule has 0 spiro atoms. The summed E-state index contributed by atoms with van der Waals surface area (Å²) in [6.45, 7) is 0.242. The zero-order chi connectivity index (χ0) is 13.5. The molecule has 2 rings (SSSR count). The second-order valence-corrected chi connectivity index (χ2v) is 4.00. The van der Waals surface area contributed by atoms with E-state index in [9.17, 15) is 4.79 Å². The van der Waals surface area contributed by atoms with Gasteiger partial charge < -0.3 is 9.84 Å². The Labute approximate surface area is 111 Å². The Morgan fingerprint density at radius 2 is 1.58 bits per heavy atom. The molecule has 0 saturated heterocycles. The van der Waals surface area contributed by atoms with Gasteiger partial charge in [-0.15, -0.1) is 0 Å². The second kappa shape index (κ2) is 6.40. The fraction of sp³-hybridized carbons (Fsp3) is 0.0625. The predicted octanol–water partition coefficient (Wildman–Crippen LogP) is 3.33. The molecular formula is C16H14O3. The van der Waals surface area contributed by atoms with E-state index in [1.807, 2.05) is 60.7 Å². The quantitative estimate of drug-likeness (QED) is 0.657. The Hall–Kier alpha value is -2.55. The molecule has 0 atom stereocenters. The normalized spacial score (nSPS) is 11.1. The van der Waals surface area contributed by atoms with Gasteiger partial charge >= 0.3 is 5.97 Å². The molecular weight excluding hydrogens is 240 g/mol. The number of hydrogen-bond acceptors (Lipinski definition) is 2. The first-order valence-electron chi connectivity index (χ1n) is 5.92. The van der Waals surface area contributed by atoms with Crippen molar-refractivity contribution < 1.29 is 14.6 Å². The van der Waals surface area contributed by atoms with E-state index in [4.69, 9.17) is 9.84 Å². The molecule has 0 bridgehead atoms. The minimum Gasteiger partial charge on any atom is -0.482 e. The molecule has 0 unspecified atom stereocenters. The highest BCUT2D eigenvalue weighted by Gasteiger charge is 2.08. The second-order valence-electron chi connectivity index (χ2n) is 4.00. The molecule has 3 heteroatoms. The summed E-state index contributed by atoms with van der Waals surface area (Å²) in [6.07, 6.45) is 1.52. The first-order chi connectivity index (χ1) is 9.25. The van der Waals surface area contributed by atoms with Crippen molar-refractivity contribution in [2.24, 2.45) is 0 Å². The third-order valence-electron chi connectivity index (χ3n) is 2.55. The number of rotatable bonds is 5. The predicted molar refractivity (Wildman–Crippen MR) is 73.3 cm³/mol. The van der Waals surface area contributed by atoms with Crippen LogP contribution in [0.2, 0.25) is 0 Å². The summed E-state index contributed by atoms with van der Waals surface area (Å²) in [4.78, 5) is 11.1. The van der Waals surface area contributed by atoms with E-state index in [0.717, 1.165) is 11.1 Å². The van der Waals surface area contributed by atoms with Gasteiger partial charge in [-0.05, 0) is 17.2 Å². The zero-order valence-electron chi connectivity index (χ0n) is 10.3. The van der Waals surface area contributed by atoms with Gasteiger partial charge in [-0.1, -0.05) is 60.7 Å². The maximum atomic E-state index is 11.1. The van der Waals surface area contributed by atoms with E-state index in [-0.39, 0.29) is 12.4 Å². The van der Waals surface area contributed by atoms with Crippen LogP contribution in [-0.4, -0.2) is 11.1 Å². The lowest BCUT2D eigenvalue weighted by molar-refractivity contribution is -0.136. The molecule has 0 aliphatic heterocycles. The molecule has 1 N–H and O–H groups in total. The van der Waals surface area contributed by atoms with Gasteiger partial charge in [0.15, 0.2) is 0 Å². The fourth-order valence-electron chi connectivity index (χ4n) is 1.60. The van der Waals surface area contributed by atoms with Gasteiger partial charge in [-0.2, -0.15) is 0 Å². The van der Waals surface area contributed by atoms with Crippen LogP contribution in [0.5, 0.6) is 0 Å². The van der Waals surface area contributed by atoms with Crippen molar-refractivity contribution in [2.45, 2.75) is 6.61 Å². The van der Waals surface area contributed by atoms with Crippen LogP contribution >= 0.6 is 0 Å². The highest BCUT2D eigenvalue weighted by atomic mass is 16.5. The lowest BCUT2D eigenvalue weighted by Gasteiger charge is -2.06. The Balaban J connectivity index is 2.09. The summed E-state index contributed by atoms with van der Waals surface area (Å²) in [7, 11) is 0. The molecule has 0 aromatic heterocycles. The van der Waals surface area contributed by atoms with Crippen LogP contribution in [0.3, 0.4) is 0 Å². The highest BCUT2D eigenvalue weighted by molar-refractivity contribution is 5.89. The van der Waals surface area contributed by atoms with Crippen molar-refractivity contribution in [3.05, 3.63) is 77.5 Å². The zero-order valence-corrected chi connectivity index (χ0v) is 10.3. The summed E-state index contributed by atoms with van der Waals surface area (Å²) < 4.78 is 5.36. The number of ether oxygens (including phenoxy) is 1. The van der Waals surface area contributed by atoms with Gasteiger partial charge in [0, 0.05) is 0 Å². The molecule has 0 radical (unpaired) electrons. The number of aliphatic carboxylic acids is 1. The van der Waals surface area contributed by atoms with Gasteiger partial charge in [-0.25, -0.2) is 4.79 Å². The van der Waals surface area contributed by atoms with E-state index in [0.29, 0.717) is 0 Å². The molecule has 96 valence electrons.